The van der Waals surface area contributed by atoms with Crippen molar-refractivity contribution in [1.82, 2.24) is 4.57 Å². The number of ketones is 1. The molecule has 7 heteroatoms. The Morgan fingerprint density at radius 2 is 1.79 bits per heavy atom. The largest absolute Gasteiger partial charge is 0.506 e. The van der Waals surface area contributed by atoms with Gasteiger partial charge in [-0.25, -0.2) is 4.79 Å². The molecule has 0 fully saturated rings. The Labute approximate surface area is 171 Å². The first-order valence-corrected chi connectivity index (χ1v) is 9.23. The topological polar surface area (TPSA) is 85.6 Å². The van der Waals surface area contributed by atoms with Crippen LogP contribution in [0.4, 0.5) is 0 Å². The van der Waals surface area contributed by atoms with Crippen LogP contribution in [0.25, 0.3) is 17.0 Å². The van der Waals surface area contributed by atoms with Crippen LogP contribution in [0.2, 0.25) is 5.02 Å². The number of esters is 1. The van der Waals surface area contributed by atoms with E-state index in [1.165, 1.54) is 17.7 Å². The predicted octanol–water partition coefficient (Wildman–Crippen LogP) is 3.73. The molecule has 2 aromatic carbocycles. The Bertz CT molecular complexity index is 1210. The molecule has 29 heavy (non-hydrogen) atoms. The number of aryl methyl sites for hydroxylation is 1. The van der Waals surface area contributed by atoms with Crippen molar-refractivity contribution in [1.29, 1.82) is 0 Å². The smallest absolute Gasteiger partial charge is 0.342 e. The summed E-state index contributed by atoms with van der Waals surface area (Å²) in [7, 11) is 1.49. The molecular weight excluding hydrogens is 394 g/mol. The molecule has 0 aliphatic rings. The maximum absolute atomic E-state index is 13.2. The lowest BCUT2D eigenvalue weighted by Gasteiger charge is -2.12. The Morgan fingerprint density at radius 3 is 2.48 bits per heavy atom. The number of hydrogen-bond acceptors (Lipinski definition) is 5. The van der Waals surface area contributed by atoms with E-state index in [1.54, 1.807) is 55.5 Å². The molecule has 0 atom stereocenters. The van der Waals surface area contributed by atoms with Gasteiger partial charge in [0.05, 0.1) is 12.1 Å². The average molecular weight is 412 g/mol. The van der Waals surface area contributed by atoms with E-state index < -0.39 is 34.2 Å². The molecule has 1 aromatic heterocycles. The van der Waals surface area contributed by atoms with Gasteiger partial charge in [0, 0.05) is 17.5 Å². The van der Waals surface area contributed by atoms with E-state index in [-0.39, 0.29) is 6.61 Å². The first-order valence-electron chi connectivity index (χ1n) is 8.85. The van der Waals surface area contributed by atoms with Crippen molar-refractivity contribution in [2.45, 2.75) is 6.92 Å². The second kappa shape index (κ2) is 8.32. The van der Waals surface area contributed by atoms with Gasteiger partial charge in [-0.15, -0.1) is 0 Å². The van der Waals surface area contributed by atoms with Gasteiger partial charge in [0.1, 0.15) is 16.9 Å². The number of para-hydroxylation sites is 1. The lowest BCUT2D eigenvalue weighted by Crippen LogP contribution is -2.28. The van der Waals surface area contributed by atoms with Gasteiger partial charge >= 0.3 is 5.97 Å². The second-order valence-corrected chi connectivity index (χ2v) is 6.64. The standard InChI is InChI=1S/C22H18ClNO5/c1-3-29-22(28)15(12-13-8-4-6-10-16(13)23)20(26)18-19(25)14-9-5-7-11-17(14)24(2)21(18)27/h4-12,25H,3H2,1-2H3/b15-12-. The molecular formula is C22H18ClNO5. The van der Waals surface area contributed by atoms with E-state index in [2.05, 4.69) is 0 Å². The Kier molecular flexibility index (Phi) is 5.84. The van der Waals surface area contributed by atoms with Crippen molar-refractivity contribution < 1.29 is 19.4 Å². The van der Waals surface area contributed by atoms with Gasteiger partial charge in [0.2, 0.25) is 5.78 Å². The third-order valence-electron chi connectivity index (χ3n) is 4.45. The highest BCUT2D eigenvalue weighted by molar-refractivity contribution is 6.33. The van der Waals surface area contributed by atoms with Crippen LogP contribution in [0.3, 0.4) is 0 Å². The zero-order valence-corrected chi connectivity index (χ0v) is 16.6. The summed E-state index contributed by atoms with van der Waals surface area (Å²) in [4.78, 5) is 38.6. The summed E-state index contributed by atoms with van der Waals surface area (Å²) in [6.07, 6.45) is 1.26. The van der Waals surface area contributed by atoms with Crippen molar-refractivity contribution >= 4 is 40.3 Å². The van der Waals surface area contributed by atoms with E-state index in [0.717, 1.165) is 0 Å². The molecule has 0 unspecified atom stereocenters. The number of rotatable bonds is 5. The number of fused-ring (bicyclic) bond motifs is 1. The van der Waals surface area contributed by atoms with Gasteiger partial charge in [-0.2, -0.15) is 0 Å². The minimum atomic E-state index is -0.938. The van der Waals surface area contributed by atoms with Crippen LogP contribution < -0.4 is 5.56 Å². The molecule has 0 bridgehead atoms. The summed E-state index contributed by atoms with van der Waals surface area (Å²) in [6, 6.07) is 13.2. The fraction of sp³-hybridized carbons (Fsp3) is 0.136. The Balaban J connectivity index is 2.26. The van der Waals surface area contributed by atoms with Gasteiger partial charge < -0.3 is 14.4 Å². The number of aromatic hydroxyl groups is 1. The minimum absolute atomic E-state index is 0.0354. The number of nitrogens with zero attached hydrogens (tertiary/aromatic N) is 1. The highest BCUT2D eigenvalue weighted by Gasteiger charge is 2.28. The quantitative estimate of drug-likeness (QED) is 0.227. The van der Waals surface area contributed by atoms with Crippen molar-refractivity contribution in [2.75, 3.05) is 6.61 Å². The van der Waals surface area contributed by atoms with Crippen LogP contribution in [0.5, 0.6) is 5.75 Å². The number of ether oxygens (including phenoxy) is 1. The van der Waals surface area contributed by atoms with Crippen molar-refractivity contribution in [3.05, 3.63) is 80.6 Å². The fourth-order valence-corrected chi connectivity index (χ4v) is 3.18. The van der Waals surface area contributed by atoms with Crippen LogP contribution in [-0.4, -0.2) is 28.0 Å². The van der Waals surface area contributed by atoms with Crippen LogP contribution in [0, 0.1) is 0 Å². The maximum Gasteiger partial charge on any atom is 0.342 e. The fourth-order valence-electron chi connectivity index (χ4n) is 2.99. The monoisotopic (exact) mass is 411 g/mol. The van der Waals surface area contributed by atoms with Crippen molar-refractivity contribution in [3.8, 4) is 5.75 Å². The third-order valence-corrected chi connectivity index (χ3v) is 4.79. The lowest BCUT2D eigenvalue weighted by atomic mass is 9.99. The number of carbonyl (C=O) groups excluding carboxylic acids is 2. The third kappa shape index (κ3) is 3.79. The van der Waals surface area contributed by atoms with Gasteiger partial charge in [-0.1, -0.05) is 41.9 Å². The zero-order chi connectivity index (χ0) is 21.1. The predicted molar refractivity (Wildman–Crippen MR) is 111 cm³/mol. The molecule has 0 saturated heterocycles. The molecule has 6 nitrogen and oxygen atoms in total. The van der Waals surface area contributed by atoms with Crippen LogP contribution in [0.1, 0.15) is 22.8 Å². The summed E-state index contributed by atoms with van der Waals surface area (Å²) < 4.78 is 6.25. The molecule has 0 spiro atoms. The summed E-state index contributed by atoms with van der Waals surface area (Å²) in [5.74, 6) is -2.33. The number of aromatic nitrogens is 1. The van der Waals surface area contributed by atoms with Gasteiger partial charge in [0.25, 0.3) is 5.56 Å². The minimum Gasteiger partial charge on any atom is -0.506 e. The Hall–Kier alpha value is -3.38. The number of hydrogen-bond donors (Lipinski definition) is 1. The highest BCUT2D eigenvalue weighted by atomic mass is 35.5. The maximum atomic E-state index is 13.2. The van der Waals surface area contributed by atoms with Gasteiger partial charge in [0.15, 0.2) is 0 Å². The molecule has 3 aromatic rings. The molecule has 0 aliphatic carbocycles. The van der Waals surface area contributed by atoms with Gasteiger partial charge in [-0.05, 0) is 36.8 Å². The lowest BCUT2D eigenvalue weighted by molar-refractivity contribution is -0.137. The molecule has 0 radical (unpaired) electrons. The number of pyridine rings is 1. The highest BCUT2D eigenvalue weighted by Crippen LogP contribution is 2.28. The first-order chi connectivity index (χ1) is 13.9. The number of carbonyl (C=O) groups is 2. The van der Waals surface area contributed by atoms with Crippen LogP contribution in [0.15, 0.2) is 58.9 Å². The normalized spacial score (nSPS) is 11.5. The first kappa shape index (κ1) is 20.4. The summed E-state index contributed by atoms with van der Waals surface area (Å²) in [5.41, 5.74) is -0.761. The van der Waals surface area contributed by atoms with E-state index in [1.807, 2.05) is 0 Å². The molecule has 3 rings (SSSR count). The molecule has 1 heterocycles. The van der Waals surface area contributed by atoms with E-state index in [4.69, 9.17) is 16.3 Å². The van der Waals surface area contributed by atoms with Crippen molar-refractivity contribution in [3.63, 3.8) is 0 Å². The van der Waals surface area contributed by atoms with E-state index >= 15 is 0 Å². The summed E-state index contributed by atoms with van der Waals surface area (Å²) >= 11 is 6.14. The summed E-state index contributed by atoms with van der Waals surface area (Å²) in [5, 5.41) is 11.3. The molecule has 1 N–H and O–H groups in total. The zero-order valence-electron chi connectivity index (χ0n) is 15.8. The van der Waals surface area contributed by atoms with Crippen LogP contribution in [-0.2, 0) is 16.6 Å². The van der Waals surface area contributed by atoms with Crippen molar-refractivity contribution in [2.24, 2.45) is 7.05 Å². The molecule has 0 amide bonds. The molecule has 0 aliphatic heterocycles. The Morgan fingerprint density at radius 1 is 1.14 bits per heavy atom. The number of Topliss-reactive ketones (excluding diaryl/α,β-unsaturated/α-hetero) is 1. The number of halogens is 1. The molecule has 148 valence electrons. The average Bonchev–Trinajstić information content (AvgIpc) is 2.71. The van der Waals surface area contributed by atoms with Gasteiger partial charge in [-0.3, -0.25) is 9.59 Å². The van der Waals surface area contributed by atoms with Crippen LogP contribution >= 0.6 is 11.6 Å². The van der Waals surface area contributed by atoms with E-state index in [0.29, 0.717) is 21.5 Å². The SMILES string of the molecule is CCOC(=O)/C(=C\c1ccccc1Cl)C(=O)c1c(O)c2ccccc2n(C)c1=O. The van der Waals surface area contributed by atoms with E-state index in [9.17, 15) is 19.5 Å². The second-order valence-electron chi connectivity index (χ2n) is 6.23. The summed E-state index contributed by atoms with van der Waals surface area (Å²) in [6.45, 7) is 1.63. The number of benzene rings is 2. The molecule has 0 saturated carbocycles.